The Morgan fingerprint density at radius 1 is 1.42 bits per heavy atom. The highest BCUT2D eigenvalue weighted by molar-refractivity contribution is 7.15. The Kier molecular flexibility index (Phi) is 2.96. The van der Waals surface area contributed by atoms with E-state index in [1.807, 2.05) is 19.1 Å². The van der Waals surface area contributed by atoms with Crippen LogP contribution in [0.15, 0.2) is 24.4 Å². The van der Waals surface area contributed by atoms with Gasteiger partial charge in [-0.2, -0.15) is 5.10 Å². The van der Waals surface area contributed by atoms with Crippen molar-refractivity contribution in [1.29, 1.82) is 0 Å². The highest BCUT2D eigenvalue weighted by atomic mass is 32.1. The third-order valence-corrected chi connectivity index (χ3v) is 3.69. The summed E-state index contributed by atoms with van der Waals surface area (Å²) in [6.45, 7) is 2.00. The Morgan fingerprint density at radius 3 is 3.11 bits per heavy atom. The number of H-pyrrole nitrogens is 1. The zero-order valence-electron chi connectivity index (χ0n) is 10.2. The summed E-state index contributed by atoms with van der Waals surface area (Å²) in [6.07, 6.45) is 2.50. The van der Waals surface area contributed by atoms with Crippen LogP contribution in [0.4, 0.5) is 5.13 Å². The molecule has 7 heteroatoms. The van der Waals surface area contributed by atoms with Gasteiger partial charge in [0.2, 0.25) is 5.13 Å². The number of fused-ring (bicyclic) bond motifs is 1. The van der Waals surface area contributed by atoms with E-state index < -0.39 is 0 Å². The molecular formula is C12H11N5OS. The Hall–Kier alpha value is -2.28. The molecule has 0 atom stereocenters. The Morgan fingerprint density at radius 2 is 2.32 bits per heavy atom. The molecule has 0 aliphatic carbocycles. The monoisotopic (exact) mass is 273 g/mol. The van der Waals surface area contributed by atoms with Crippen molar-refractivity contribution in [2.45, 2.75) is 13.3 Å². The van der Waals surface area contributed by atoms with Gasteiger partial charge in [0.05, 0.1) is 17.3 Å². The number of aryl methyl sites for hydroxylation is 1. The topological polar surface area (TPSA) is 83.6 Å². The number of aromatic nitrogens is 4. The lowest BCUT2D eigenvalue weighted by molar-refractivity contribution is 0.102. The maximum atomic E-state index is 12.2. The lowest BCUT2D eigenvalue weighted by atomic mass is 10.1. The standard InChI is InChI=1S/C12H11N5OS/c1-2-9-15-17-12(19-9)14-11(18)8-5-3-4-7-6-13-16-10(7)8/h3-6H,2H2,1H3,(H,13,16)(H,14,17,18). The molecule has 3 aromatic rings. The SMILES string of the molecule is CCc1nnc(NC(=O)c2cccc3cn[nH]c23)s1. The molecule has 3 rings (SSSR count). The van der Waals surface area contributed by atoms with E-state index in [4.69, 9.17) is 0 Å². The summed E-state index contributed by atoms with van der Waals surface area (Å²) in [4.78, 5) is 12.2. The highest BCUT2D eigenvalue weighted by Gasteiger charge is 2.13. The van der Waals surface area contributed by atoms with Crippen molar-refractivity contribution < 1.29 is 4.79 Å². The molecule has 0 bridgehead atoms. The summed E-state index contributed by atoms with van der Waals surface area (Å²) >= 11 is 1.38. The van der Waals surface area contributed by atoms with Crippen LogP contribution in [0.5, 0.6) is 0 Å². The summed E-state index contributed by atoms with van der Waals surface area (Å²) in [5.74, 6) is -0.214. The minimum Gasteiger partial charge on any atom is -0.296 e. The van der Waals surface area contributed by atoms with Crippen LogP contribution in [0.2, 0.25) is 0 Å². The highest BCUT2D eigenvalue weighted by Crippen LogP contribution is 2.19. The molecule has 96 valence electrons. The molecular weight excluding hydrogens is 262 g/mol. The van der Waals surface area contributed by atoms with Gasteiger partial charge in [0.25, 0.3) is 5.91 Å². The summed E-state index contributed by atoms with van der Waals surface area (Å²) in [5, 5.41) is 19.7. The van der Waals surface area contributed by atoms with Gasteiger partial charge >= 0.3 is 0 Å². The van der Waals surface area contributed by atoms with Gasteiger partial charge in [-0.25, -0.2) is 0 Å². The molecule has 2 aromatic heterocycles. The fourth-order valence-corrected chi connectivity index (χ4v) is 2.44. The predicted molar refractivity (Wildman–Crippen MR) is 73.3 cm³/mol. The third-order valence-electron chi connectivity index (χ3n) is 2.71. The molecule has 6 nitrogen and oxygen atoms in total. The van der Waals surface area contributed by atoms with Crippen molar-refractivity contribution in [3.63, 3.8) is 0 Å². The largest absolute Gasteiger partial charge is 0.296 e. The van der Waals surface area contributed by atoms with Gasteiger partial charge in [-0.3, -0.25) is 15.2 Å². The smallest absolute Gasteiger partial charge is 0.259 e. The lowest BCUT2D eigenvalue weighted by Gasteiger charge is -2.02. The molecule has 0 saturated carbocycles. The average molecular weight is 273 g/mol. The minimum absolute atomic E-state index is 0.214. The van der Waals surface area contributed by atoms with E-state index in [0.717, 1.165) is 22.3 Å². The predicted octanol–water partition coefficient (Wildman–Crippen LogP) is 2.23. The first kappa shape index (κ1) is 11.8. The van der Waals surface area contributed by atoms with Crippen LogP contribution < -0.4 is 5.32 Å². The van der Waals surface area contributed by atoms with Crippen LogP contribution >= 0.6 is 11.3 Å². The number of amides is 1. The normalized spacial score (nSPS) is 10.8. The molecule has 0 aliphatic heterocycles. The Balaban J connectivity index is 1.89. The van der Waals surface area contributed by atoms with Crippen LogP contribution in [0.25, 0.3) is 10.9 Å². The number of hydrogen-bond acceptors (Lipinski definition) is 5. The molecule has 0 spiro atoms. The first-order valence-electron chi connectivity index (χ1n) is 5.83. The maximum absolute atomic E-state index is 12.2. The lowest BCUT2D eigenvalue weighted by Crippen LogP contribution is -2.12. The van der Waals surface area contributed by atoms with Crippen molar-refractivity contribution in [2.75, 3.05) is 5.32 Å². The molecule has 0 unspecified atom stereocenters. The van der Waals surface area contributed by atoms with E-state index in [0.29, 0.717) is 10.7 Å². The van der Waals surface area contributed by atoms with Crippen LogP contribution in [0.1, 0.15) is 22.3 Å². The summed E-state index contributed by atoms with van der Waals surface area (Å²) < 4.78 is 0. The molecule has 2 N–H and O–H groups in total. The van der Waals surface area contributed by atoms with Gasteiger partial charge in [0.1, 0.15) is 5.01 Å². The van der Waals surface area contributed by atoms with Crippen LogP contribution in [-0.4, -0.2) is 26.3 Å². The van der Waals surface area contributed by atoms with Gasteiger partial charge in [0.15, 0.2) is 0 Å². The number of anilines is 1. The minimum atomic E-state index is -0.214. The zero-order valence-corrected chi connectivity index (χ0v) is 11.0. The van der Waals surface area contributed by atoms with E-state index in [1.165, 1.54) is 11.3 Å². The number of nitrogens with one attached hydrogen (secondary N) is 2. The second kappa shape index (κ2) is 4.77. The first-order valence-corrected chi connectivity index (χ1v) is 6.65. The number of carbonyl (C=O) groups excluding carboxylic acids is 1. The second-order valence-corrected chi connectivity index (χ2v) is 5.01. The number of para-hydroxylation sites is 1. The fraction of sp³-hybridized carbons (Fsp3) is 0.167. The van der Waals surface area contributed by atoms with Crippen molar-refractivity contribution in [1.82, 2.24) is 20.4 Å². The van der Waals surface area contributed by atoms with Crippen LogP contribution in [-0.2, 0) is 6.42 Å². The second-order valence-electron chi connectivity index (χ2n) is 3.95. The first-order chi connectivity index (χ1) is 9.28. The summed E-state index contributed by atoms with van der Waals surface area (Å²) in [5.41, 5.74) is 1.27. The van der Waals surface area contributed by atoms with Gasteiger partial charge in [-0.05, 0) is 12.5 Å². The van der Waals surface area contributed by atoms with E-state index >= 15 is 0 Å². The van der Waals surface area contributed by atoms with Crippen molar-refractivity contribution >= 4 is 33.3 Å². The maximum Gasteiger partial charge on any atom is 0.259 e. The third kappa shape index (κ3) is 2.19. The molecule has 19 heavy (non-hydrogen) atoms. The zero-order chi connectivity index (χ0) is 13.2. The molecule has 0 radical (unpaired) electrons. The molecule has 2 heterocycles. The molecule has 1 amide bonds. The number of benzene rings is 1. The van der Waals surface area contributed by atoms with E-state index in [2.05, 4.69) is 25.7 Å². The van der Waals surface area contributed by atoms with E-state index in [9.17, 15) is 4.79 Å². The van der Waals surface area contributed by atoms with Gasteiger partial charge in [0, 0.05) is 5.39 Å². The van der Waals surface area contributed by atoms with Crippen molar-refractivity contribution in [3.8, 4) is 0 Å². The fourth-order valence-electron chi connectivity index (χ4n) is 1.77. The summed E-state index contributed by atoms with van der Waals surface area (Å²) in [6, 6.07) is 5.47. The Labute approximate surface area is 112 Å². The quantitative estimate of drug-likeness (QED) is 0.766. The number of rotatable bonds is 3. The van der Waals surface area contributed by atoms with Crippen LogP contribution in [0, 0.1) is 0 Å². The van der Waals surface area contributed by atoms with Crippen LogP contribution in [0.3, 0.4) is 0 Å². The molecule has 0 aliphatic rings. The number of nitrogens with zero attached hydrogens (tertiary/aromatic N) is 3. The van der Waals surface area contributed by atoms with Crippen molar-refractivity contribution in [2.24, 2.45) is 0 Å². The molecule has 0 saturated heterocycles. The molecule has 1 aromatic carbocycles. The number of carbonyl (C=O) groups is 1. The molecule has 0 fully saturated rings. The van der Waals surface area contributed by atoms with Gasteiger partial charge < -0.3 is 0 Å². The van der Waals surface area contributed by atoms with Gasteiger partial charge in [-0.1, -0.05) is 30.4 Å². The van der Waals surface area contributed by atoms with E-state index in [-0.39, 0.29) is 5.91 Å². The Bertz CT molecular complexity index is 732. The van der Waals surface area contributed by atoms with Crippen molar-refractivity contribution in [3.05, 3.63) is 35.0 Å². The number of hydrogen-bond donors (Lipinski definition) is 2. The van der Waals surface area contributed by atoms with Gasteiger partial charge in [-0.15, -0.1) is 10.2 Å². The number of aromatic amines is 1. The van der Waals surface area contributed by atoms with E-state index in [1.54, 1.807) is 12.3 Å². The average Bonchev–Trinajstić information content (AvgIpc) is 3.05. The summed E-state index contributed by atoms with van der Waals surface area (Å²) in [7, 11) is 0.